The first kappa shape index (κ1) is 17.3. The van der Waals surface area contributed by atoms with E-state index in [-0.39, 0.29) is 18.2 Å². The van der Waals surface area contributed by atoms with Gasteiger partial charge in [-0.3, -0.25) is 4.79 Å². The van der Waals surface area contributed by atoms with Gasteiger partial charge in [0.25, 0.3) is 5.91 Å². The fourth-order valence-corrected chi connectivity index (χ4v) is 1.85. The van der Waals surface area contributed by atoms with Crippen LogP contribution in [0.3, 0.4) is 0 Å². The molecule has 24 heavy (non-hydrogen) atoms. The summed E-state index contributed by atoms with van der Waals surface area (Å²) in [6, 6.07) is 4.48. The van der Waals surface area contributed by atoms with Gasteiger partial charge < -0.3 is 24.4 Å². The Labute approximate surface area is 137 Å². The number of benzene rings is 1. The lowest BCUT2D eigenvalue weighted by Crippen LogP contribution is -2.23. The molecule has 0 fully saturated rings. The zero-order valence-corrected chi connectivity index (χ0v) is 13.2. The standard InChI is InChI=1S/C15H17N3O6/c1-3-22-12-6-10(4-5-11(12)23-8-14(19)20)15(21)16-7-13-17-9(2)24-18-13/h4-6H,3,7-8H2,1-2H3,(H,16,21)(H,19,20). The van der Waals surface area contributed by atoms with Gasteiger partial charge >= 0.3 is 5.97 Å². The predicted octanol–water partition coefficient (Wildman–Crippen LogP) is 1.17. The fourth-order valence-electron chi connectivity index (χ4n) is 1.85. The molecule has 1 aromatic heterocycles. The topological polar surface area (TPSA) is 124 Å². The van der Waals surface area contributed by atoms with E-state index in [0.29, 0.717) is 29.6 Å². The Hall–Kier alpha value is -3.10. The highest BCUT2D eigenvalue weighted by Crippen LogP contribution is 2.28. The van der Waals surface area contributed by atoms with Crippen LogP contribution in [0.2, 0.25) is 0 Å². The van der Waals surface area contributed by atoms with Crippen molar-refractivity contribution in [3.05, 3.63) is 35.5 Å². The van der Waals surface area contributed by atoms with Crippen molar-refractivity contribution in [1.82, 2.24) is 15.5 Å². The molecule has 128 valence electrons. The first-order valence-electron chi connectivity index (χ1n) is 7.18. The first-order valence-corrected chi connectivity index (χ1v) is 7.18. The third kappa shape index (κ3) is 4.70. The molecule has 1 amide bonds. The summed E-state index contributed by atoms with van der Waals surface area (Å²) in [5.41, 5.74) is 0.335. The van der Waals surface area contributed by atoms with E-state index in [0.717, 1.165) is 0 Å². The van der Waals surface area contributed by atoms with Gasteiger partial charge in [0.15, 0.2) is 23.9 Å². The molecule has 2 aromatic rings. The molecule has 0 atom stereocenters. The Morgan fingerprint density at radius 2 is 2.08 bits per heavy atom. The van der Waals surface area contributed by atoms with Crippen molar-refractivity contribution in [3.8, 4) is 11.5 Å². The molecule has 0 saturated carbocycles. The van der Waals surface area contributed by atoms with E-state index in [1.807, 2.05) is 0 Å². The summed E-state index contributed by atoms with van der Waals surface area (Å²) < 4.78 is 15.3. The molecule has 0 aliphatic rings. The summed E-state index contributed by atoms with van der Waals surface area (Å²) in [6.07, 6.45) is 0. The van der Waals surface area contributed by atoms with Crippen molar-refractivity contribution in [1.29, 1.82) is 0 Å². The SMILES string of the molecule is CCOc1cc(C(=O)NCc2noc(C)n2)ccc1OCC(=O)O. The van der Waals surface area contributed by atoms with Crippen LogP contribution in [0.4, 0.5) is 0 Å². The number of carboxylic acids is 1. The number of ether oxygens (including phenoxy) is 2. The molecular formula is C15H17N3O6. The Balaban J connectivity index is 2.06. The Bertz CT molecular complexity index is 728. The monoisotopic (exact) mass is 335 g/mol. The van der Waals surface area contributed by atoms with Crippen LogP contribution in [0.25, 0.3) is 0 Å². The molecule has 0 aliphatic heterocycles. The normalized spacial score (nSPS) is 10.2. The molecule has 2 rings (SSSR count). The Morgan fingerprint density at radius 1 is 1.29 bits per heavy atom. The highest BCUT2D eigenvalue weighted by molar-refractivity contribution is 5.94. The van der Waals surface area contributed by atoms with E-state index in [2.05, 4.69) is 15.5 Å². The van der Waals surface area contributed by atoms with Gasteiger partial charge in [0.1, 0.15) is 0 Å². The molecule has 9 heteroatoms. The minimum absolute atomic E-state index is 0.122. The number of nitrogens with zero attached hydrogens (tertiary/aromatic N) is 2. The van der Waals surface area contributed by atoms with Crippen molar-refractivity contribution in [2.45, 2.75) is 20.4 Å². The minimum Gasteiger partial charge on any atom is -0.490 e. The average molecular weight is 335 g/mol. The number of aromatic nitrogens is 2. The molecule has 0 radical (unpaired) electrons. The van der Waals surface area contributed by atoms with Crippen LogP contribution < -0.4 is 14.8 Å². The van der Waals surface area contributed by atoms with Crippen molar-refractivity contribution in [2.75, 3.05) is 13.2 Å². The van der Waals surface area contributed by atoms with Crippen molar-refractivity contribution >= 4 is 11.9 Å². The van der Waals surface area contributed by atoms with Gasteiger partial charge in [-0.25, -0.2) is 4.79 Å². The van der Waals surface area contributed by atoms with Crippen molar-refractivity contribution in [3.63, 3.8) is 0 Å². The van der Waals surface area contributed by atoms with Crippen LogP contribution in [0.5, 0.6) is 11.5 Å². The average Bonchev–Trinajstić information content (AvgIpc) is 2.97. The smallest absolute Gasteiger partial charge is 0.341 e. The number of carbonyl (C=O) groups excluding carboxylic acids is 1. The van der Waals surface area contributed by atoms with E-state index >= 15 is 0 Å². The van der Waals surface area contributed by atoms with Crippen LogP contribution in [0.1, 0.15) is 29.0 Å². The van der Waals surface area contributed by atoms with E-state index in [1.165, 1.54) is 18.2 Å². The summed E-state index contributed by atoms with van der Waals surface area (Å²) in [5, 5.41) is 15.0. The van der Waals surface area contributed by atoms with Gasteiger partial charge in [0, 0.05) is 12.5 Å². The number of aliphatic carboxylic acids is 1. The van der Waals surface area contributed by atoms with Gasteiger partial charge in [-0.05, 0) is 25.1 Å². The summed E-state index contributed by atoms with van der Waals surface area (Å²) >= 11 is 0. The lowest BCUT2D eigenvalue weighted by atomic mass is 10.2. The lowest BCUT2D eigenvalue weighted by Gasteiger charge is -2.12. The van der Waals surface area contributed by atoms with E-state index in [4.69, 9.17) is 19.1 Å². The maximum absolute atomic E-state index is 12.2. The van der Waals surface area contributed by atoms with Crippen molar-refractivity contribution < 1.29 is 28.7 Å². The molecule has 0 bridgehead atoms. The fraction of sp³-hybridized carbons (Fsp3) is 0.333. The van der Waals surface area contributed by atoms with Gasteiger partial charge in [0.2, 0.25) is 5.89 Å². The van der Waals surface area contributed by atoms with Crippen LogP contribution in [-0.2, 0) is 11.3 Å². The number of hydrogen-bond acceptors (Lipinski definition) is 7. The largest absolute Gasteiger partial charge is 0.490 e. The number of aryl methyl sites for hydroxylation is 1. The molecule has 2 N–H and O–H groups in total. The third-order valence-electron chi connectivity index (χ3n) is 2.83. The maximum Gasteiger partial charge on any atom is 0.341 e. The Morgan fingerprint density at radius 3 is 2.71 bits per heavy atom. The number of amides is 1. The number of carbonyl (C=O) groups is 2. The van der Waals surface area contributed by atoms with Gasteiger partial charge in [-0.2, -0.15) is 4.98 Å². The highest BCUT2D eigenvalue weighted by Gasteiger charge is 2.13. The minimum atomic E-state index is -1.10. The highest BCUT2D eigenvalue weighted by atomic mass is 16.5. The molecule has 0 aliphatic carbocycles. The number of carboxylic acid groups (broad SMARTS) is 1. The second-order valence-corrected chi connectivity index (χ2v) is 4.69. The molecule has 0 saturated heterocycles. The Kier molecular flexibility index (Phi) is 5.72. The summed E-state index contributed by atoms with van der Waals surface area (Å²) in [6.45, 7) is 3.39. The van der Waals surface area contributed by atoms with Gasteiger partial charge in [-0.15, -0.1) is 0 Å². The molecule has 0 spiro atoms. The van der Waals surface area contributed by atoms with E-state index < -0.39 is 12.6 Å². The van der Waals surface area contributed by atoms with Crippen LogP contribution >= 0.6 is 0 Å². The predicted molar refractivity (Wildman–Crippen MR) is 80.9 cm³/mol. The second kappa shape index (κ2) is 7.95. The molecule has 9 nitrogen and oxygen atoms in total. The number of hydrogen-bond donors (Lipinski definition) is 2. The molecule has 0 unspecified atom stereocenters. The van der Waals surface area contributed by atoms with Crippen LogP contribution in [0, 0.1) is 6.92 Å². The summed E-state index contributed by atoms with van der Waals surface area (Å²) in [7, 11) is 0. The van der Waals surface area contributed by atoms with Crippen LogP contribution in [0.15, 0.2) is 22.7 Å². The zero-order valence-electron chi connectivity index (χ0n) is 13.2. The third-order valence-corrected chi connectivity index (χ3v) is 2.83. The van der Waals surface area contributed by atoms with Gasteiger partial charge in [0.05, 0.1) is 13.2 Å². The molecule has 1 aromatic carbocycles. The maximum atomic E-state index is 12.2. The molecule has 1 heterocycles. The second-order valence-electron chi connectivity index (χ2n) is 4.69. The summed E-state index contributed by atoms with van der Waals surface area (Å²) in [4.78, 5) is 26.7. The zero-order chi connectivity index (χ0) is 17.5. The first-order chi connectivity index (χ1) is 11.5. The van der Waals surface area contributed by atoms with Gasteiger partial charge in [-0.1, -0.05) is 5.16 Å². The van der Waals surface area contributed by atoms with Crippen LogP contribution in [-0.4, -0.2) is 40.3 Å². The number of nitrogens with one attached hydrogen (secondary N) is 1. The van der Waals surface area contributed by atoms with Crippen molar-refractivity contribution in [2.24, 2.45) is 0 Å². The van der Waals surface area contributed by atoms with E-state index in [1.54, 1.807) is 13.8 Å². The summed E-state index contributed by atoms with van der Waals surface area (Å²) in [5.74, 6) is -0.130. The quantitative estimate of drug-likeness (QED) is 0.737. The number of rotatable bonds is 8. The lowest BCUT2D eigenvalue weighted by molar-refractivity contribution is -0.139. The molecular weight excluding hydrogens is 318 g/mol. The van der Waals surface area contributed by atoms with E-state index in [9.17, 15) is 9.59 Å².